The van der Waals surface area contributed by atoms with Crippen LogP contribution in [0.1, 0.15) is 20.8 Å². The van der Waals surface area contributed by atoms with Crippen LogP contribution in [0.3, 0.4) is 0 Å². The van der Waals surface area contributed by atoms with E-state index >= 15 is 0 Å². The Kier molecular flexibility index (Phi) is 6.95. The van der Waals surface area contributed by atoms with E-state index in [1.54, 1.807) is 0 Å². The van der Waals surface area contributed by atoms with E-state index < -0.39 is 0 Å². The third-order valence-corrected chi connectivity index (χ3v) is 6.79. The maximum atomic E-state index is 12.9. The van der Waals surface area contributed by atoms with Crippen LogP contribution in [0.5, 0.6) is 5.75 Å². The topological polar surface area (TPSA) is 32.8 Å². The molecule has 1 aliphatic rings. The Hall–Kier alpha value is -2.05. The first kappa shape index (κ1) is 21.2. The normalized spacial score (nSPS) is 14.7. The van der Waals surface area contributed by atoms with Gasteiger partial charge in [0.15, 0.2) is 0 Å². The van der Waals surface area contributed by atoms with Crippen molar-refractivity contribution in [2.45, 2.75) is 13.2 Å². The number of halogens is 2. The number of carbonyl (C=O) groups is 1. The Labute approximate surface area is 190 Å². The van der Waals surface area contributed by atoms with Gasteiger partial charge in [0.05, 0.1) is 4.88 Å². The van der Waals surface area contributed by atoms with E-state index in [1.165, 1.54) is 11.3 Å². The minimum absolute atomic E-state index is 0.0846. The molecule has 0 saturated carbocycles. The van der Waals surface area contributed by atoms with Crippen LogP contribution in [-0.4, -0.2) is 41.9 Å². The molecule has 4 nitrogen and oxygen atoms in total. The van der Waals surface area contributed by atoms with Crippen LogP contribution < -0.4 is 4.74 Å². The molecular weight excluding hydrogens is 439 g/mol. The molecule has 0 radical (unpaired) electrons. The highest BCUT2D eigenvalue weighted by molar-refractivity contribution is 7.12. The molecule has 1 fully saturated rings. The molecule has 0 aliphatic carbocycles. The number of benzene rings is 2. The molecule has 1 aromatic heterocycles. The smallest absolute Gasteiger partial charge is 0.264 e. The molecule has 3 aromatic rings. The number of hydrogen-bond donors (Lipinski definition) is 0. The summed E-state index contributed by atoms with van der Waals surface area (Å²) >= 11 is 14.1. The van der Waals surface area contributed by atoms with Gasteiger partial charge in [0.25, 0.3) is 5.91 Å². The monoisotopic (exact) mass is 460 g/mol. The number of thiophene rings is 1. The van der Waals surface area contributed by atoms with E-state index in [2.05, 4.69) is 4.90 Å². The zero-order valence-corrected chi connectivity index (χ0v) is 18.7. The molecule has 156 valence electrons. The van der Waals surface area contributed by atoms with Crippen LogP contribution >= 0.6 is 34.5 Å². The number of piperazine rings is 1. The third kappa shape index (κ3) is 5.16. The standard InChI is InChI=1S/C23H22Cl2N2O2S/c24-20-7-4-8-21(25)19(20)14-26-9-11-27(12-10-26)23(28)22-13-17(16-30-22)15-29-18-5-2-1-3-6-18/h1-8,13,16H,9-12,14-15H2. The van der Waals surface area contributed by atoms with Gasteiger partial charge >= 0.3 is 0 Å². The van der Waals surface area contributed by atoms with Crippen molar-refractivity contribution in [3.05, 3.63) is 86.0 Å². The summed E-state index contributed by atoms with van der Waals surface area (Å²) in [5.74, 6) is 0.910. The molecule has 0 bridgehead atoms. The first-order valence-electron chi connectivity index (χ1n) is 9.80. The number of hydrogen-bond acceptors (Lipinski definition) is 4. The van der Waals surface area contributed by atoms with E-state index in [0.29, 0.717) is 36.3 Å². The quantitative estimate of drug-likeness (QED) is 0.480. The van der Waals surface area contributed by atoms with E-state index in [-0.39, 0.29) is 5.91 Å². The van der Waals surface area contributed by atoms with Crippen molar-refractivity contribution in [2.24, 2.45) is 0 Å². The van der Waals surface area contributed by atoms with Crippen molar-refractivity contribution in [3.8, 4) is 5.75 Å². The molecule has 7 heteroatoms. The largest absolute Gasteiger partial charge is 0.489 e. The fourth-order valence-electron chi connectivity index (χ4n) is 3.42. The molecule has 1 saturated heterocycles. The second-order valence-electron chi connectivity index (χ2n) is 7.19. The van der Waals surface area contributed by atoms with Gasteiger partial charge in [-0.25, -0.2) is 0 Å². The first-order chi connectivity index (χ1) is 14.6. The minimum Gasteiger partial charge on any atom is -0.489 e. The fourth-order valence-corrected chi connectivity index (χ4v) is 4.80. The lowest BCUT2D eigenvalue weighted by atomic mass is 10.2. The number of rotatable bonds is 6. The molecule has 2 heterocycles. The lowest BCUT2D eigenvalue weighted by Crippen LogP contribution is -2.48. The van der Waals surface area contributed by atoms with E-state index in [1.807, 2.05) is 64.9 Å². The molecular formula is C23H22Cl2N2O2S. The minimum atomic E-state index is 0.0846. The second kappa shape index (κ2) is 9.84. The first-order valence-corrected chi connectivity index (χ1v) is 11.4. The molecule has 1 amide bonds. The van der Waals surface area contributed by atoms with Crippen molar-refractivity contribution in [1.82, 2.24) is 9.80 Å². The van der Waals surface area contributed by atoms with Gasteiger partial charge in [0, 0.05) is 53.9 Å². The summed E-state index contributed by atoms with van der Waals surface area (Å²) in [5, 5.41) is 3.36. The Morgan fingerprint density at radius 1 is 0.967 bits per heavy atom. The molecule has 2 aromatic carbocycles. The maximum Gasteiger partial charge on any atom is 0.264 e. The van der Waals surface area contributed by atoms with Crippen molar-refractivity contribution < 1.29 is 9.53 Å². The second-order valence-corrected chi connectivity index (χ2v) is 8.92. The molecule has 1 aliphatic heterocycles. The molecule has 30 heavy (non-hydrogen) atoms. The van der Waals surface area contributed by atoms with Crippen molar-refractivity contribution in [1.29, 1.82) is 0 Å². The Bertz CT molecular complexity index is 981. The lowest BCUT2D eigenvalue weighted by Gasteiger charge is -2.34. The average Bonchev–Trinajstić information content (AvgIpc) is 3.25. The Morgan fingerprint density at radius 2 is 1.67 bits per heavy atom. The Balaban J connectivity index is 1.30. The zero-order valence-electron chi connectivity index (χ0n) is 16.4. The van der Waals surface area contributed by atoms with Crippen molar-refractivity contribution in [2.75, 3.05) is 26.2 Å². The summed E-state index contributed by atoms with van der Waals surface area (Å²) in [5.41, 5.74) is 1.96. The van der Waals surface area contributed by atoms with Gasteiger partial charge in [-0.3, -0.25) is 9.69 Å². The molecule has 0 N–H and O–H groups in total. The highest BCUT2D eigenvalue weighted by atomic mass is 35.5. The number of amides is 1. The number of carbonyl (C=O) groups excluding carboxylic acids is 1. The van der Waals surface area contributed by atoms with Crippen LogP contribution in [0.25, 0.3) is 0 Å². The summed E-state index contributed by atoms with van der Waals surface area (Å²) in [4.78, 5) is 17.8. The van der Waals surface area contributed by atoms with E-state index in [4.69, 9.17) is 27.9 Å². The van der Waals surface area contributed by atoms with Gasteiger partial charge in [-0.15, -0.1) is 11.3 Å². The number of para-hydroxylation sites is 1. The highest BCUT2D eigenvalue weighted by Gasteiger charge is 2.24. The maximum absolute atomic E-state index is 12.9. The lowest BCUT2D eigenvalue weighted by molar-refractivity contribution is 0.0633. The van der Waals surface area contributed by atoms with Gasteiger partial charge in [-0.2, -0.15) is 0 Å². The molecule has 4 rings (SSSR count). The summed E-state index contributed by atoms with van der Waals surface area (Å²) < 4.78 is 5.77. The van der Waals surface area contributed by atoms with Gasteiger partial charge in [0.1, 0.15) is 12.4 Å². The van der Waals surface area contributed by atoms with E-state index in [0.717, 1.165) is 34.8 Å². The van der Waals surface area contributed by atoms with Crippen molar-refractivity contribution >= 4 is 40.4 Å². The molecule has 0 unspecified atom stereocenters. The predicted octanol–water partition coefficient (Wildman–Crippen LogP) is 5.59. The summed E-state index contributed by atoms with van der Waals surface area (Å²) in [6.07, 6.45) is 0. The molecule has 0 atom stereocenters. The van der Waals surface area contributed by atoms with Crippen LogP contribution in [0, 0.1) is 0 Å². The highest BCUT2D eigenvalue weighted by Crippen LogP contribution is 2.26. The molecule has 0 spiro atoms. The van der Waals surface area contributed by atoms with Crippen LogP contribution in [0.15, 0.2) is 60.0 Å². The Morgan fingerprint density at radius 3 is 2.37 bits per heavy atom. The predicted molar refractivity (Wildman–Crippen MR) is 123 cm³/mol. The van der Waals surface area contributed by atoms with Crippen LogP contribution in [0.2, 0.25) is 10.0 Å². The van der Waals surface area contributed by atoms with Crippen LogP contribution in [0.4, 0.5) is 0 Å². The van der Waals surface area contributed by atoms with Gasteiger partial charge < -0.3 is 9.64 Å². The summed E-state index contributed by atoms with van der Waals surface area (Å²) in [6, 6.07) is 17.2. The third-order valence-electron chi connectivity index (χ3n) is 5.12. The number of ether oxygens (including phenoxy) is 1. The van der Waals surface area contributed by atoms with Crippen LogP contribution in [-0.2, 0) is 13.2 Å². The fraction of sp³-hybridized carbons (Fsp3) is 0.261. The van der Waals surface area contributed by atoms with Crippen molar-refractivity contribution in [3.63, 3.8) is 0 Å². The van der Waals surface area contributed by atoms with Gasteiger partial charge in [-0.1, -0.05) is 47.5 Å². The van der Waals surface area contributed by atoms with Gasteiger partial charge in [-0.05, 0) is 35.7 Å². The summed E-state index contributed by atoms with van der Waals surface area (Å²) in [7, 11) is 0. The van der Waals surface area contributed by atoms with Gasteiger partial charge in [0.2, 0.25) is 0 Å². The number of nitrogens with zero attached hydrogens (tertiary/aromatic N) is 2. The summed E-state index contributed by atoms with van der Waals surface area (Å²) in [6.45, 7) is 4.12. The SMILES string of the molecule is O=C(c1cc(COc2ccccc2)cs1)N1CCN(Cc2c(Cl)cccc2Cl)CC1. The van der Waals surface area contributed by atoms with E-state index in [9.17, 15) is 4.79 Å². The zero-order chi connectivity index (χ0) is 20.9. The average molecular weight is 461 g/mol.